The van der Waals surface area contributed by atoms with Gasteiger partial charge in [-0.2, -0.15) is 13.2 Å². The molecule has 1 aromatic rings. The Kier molecular flexibility index (Phi) is 3.63. The highest BCUT2D eigenvalue weighted by molar-refractivity contribution is 6.35. The maximum Gasteiger partial charge on any atom is 0.739 e. The average molecular weight is 238 g/mol. The van der Waals surface area contributed by atoms with Crippen LogP contribution < -0.4 is 4.65 Å². The Labute approximate surface area is 87.8 Å². The van der Waals surface area contributed by atoms with Gasteiger partial charge in [-0.15, -0.1) is 0 Å². The molecule has 3 N–H and O–H groups in total. The van der Waals surface area contributed by atoms with Crippen molar-refractivity contribution in [3.05, 3.63) is 23.8 Å². The first-order valence-corrected chi connectivity index (χ1v) is 3.90. The van der Waals surface area contributed by atoms with Gasteiger partial charge in [-0.1, -0.05) is 6.07 Å². The molecule has 0 aromatic heterocycles. The minimum Gasteiger partial charge on any atom is -0.507 e. The number of alkyl halides is 3. The number of phenols is 1. The van der Waals surface area contributed by atoms with Crippen LogP contribution >= 0.6 is 0 Å². The van der Waals surface area contributed by atoms with E-state index in [-0.39, 0.29) is 0 Å². The van der Waals surface area contributed by atoms with Crippen molar-refractivity contribution in [3.63, 3.8) is 0 Å². The summed E-state index contributed by atoms with van der Waals surface area (Å²) < 4.78 is 41.1. The third-order valence-electron chi connectivity index (χ3n) is 1.62. The molecule has 9 heteroatoms. The second kappa shape index (κ2) is 4.60. The van der Waals surface area contributed by atoms with Crippen molar-refractivity contribution in [2.45, 2.75) is 6.18 Å². The van der Waals surface area contributed by atoms with E-state index < -0.39 is 30.6 Å². The third-order valence-corrected chi connectivity index (χ3v) is 1.62. The van der Waals surface area contributed by atoms with Gasteiger partial charge in [0.2, 0.25) is 0 Å². The van der Waals surface area contributed by atoms with E-state index in [1.165, 1.54) is 0 Å². The normalized spacial score (nSPS) is 11.3. The van der Waals surface area contributed by atoms with Crippen molar-refractivity contribution in [3.8, 4) is 11.5 Å². The summed E-state index contributed by atoms with van der Waals surface area (Å²) in [5.41, 5.74) is -1.32. The van der Waals surface area contributed by atoms with E-state index >= 15 is 0 Å². The van der Waals surface area contributed by atoms with Crippen LogP contribution in [0.25, 0.3) is 0 Å². The number of aromatic hydroxyl groups is 1. The third kappa shape index (κ3) is 2.78. The molecule has 5 nitrogen and oxygen atoms in total. The van der Waals surface area contributed by atoms with Gasteiger partial charge in [0.15, 0.2) is 5.75 Å². The molecule has 0 saturated heterocycles. The molecule has 0 amide bonds. The number of rotatable bonds is 3. The van der Waals surface area contributed by atoms with E-state index in [1.807, 2.05) is 0 Å². The lowest BCUT2D eigenvalue weighted by molar-refractivity contribution is -0.171. The SMILES string of the molecule is OOB(O)Oc1cccc(C(F)(F)F)c1O. The second-order valence-electron chi connectivity index (χ2n) is 2.68. The van der Waals surface area contributed by atoms with E-state index in [4.69, 9.17) is 10.3 Å². The van der Waals surface area contributed by atoms with Crippen LogP contribution in [-0.4, -0.2) is 22.7 Å². The molecule has 1 aromatic carbocycles. The summed E-state index contributed by atoms with van der Waals surface area (Å²) in [6, 6.07) is 2.56. The Hall–Kier alpha value is -1.45. The van der Waals surface area contributed by atoms with Gasteiger partial charge in [0.25, 0.3) is 0 Å². The Morgan fingerprint density at radius 3 is 2.38 bits per heavy atom. The Bertz CT molecular complexity index is 370. The molecule has 0 saturated carbocycles. The summed E-state index contributed by atoms with van der Waals surface area (Å²) in [6.45, 7) is 0. The fourth-order valence-corrected chi connectivity index (χ4v) is 0.976. The molecule has 0 aliphatic carbocycles. The van der Waals surface area contributed by atoms with Gasteiger partial charge in [0, 0.05) is 0 Å². The minimum absolute atomic E-state index is 0.633. The van der Waals surface area contributed by atoms with Crippen molar-refractivity contribution >= 4 is 7.32 Å². The van der Waals surface area contributed by atoms with Crippen molar-refractivity contribution in [2.75, 3.05) is 0 Å². The van der Waals surface area contributed by atoms with Gasteiger partial charge in [-0.3, -0.25) is 5.26 Å². The van der Waals surface area contributed by atoms with Crippen LogP contribution in [0.1, 0.15) is 5.56 Å². The van der Waals surface area contributed by atoms with Crippen molar-refractivity contribution in [1.82, 2.24) is 0 Å². The van der Waals surface area contributed by atoms with Crippen LogP contribution in [0.3, 0.4) is 0 Å². The van der Waals surface area contributed by atoms with Gasteiger partial charge >= 0.3 is 13.5 Å². The van der Waals surface area contributed by atoms with E-state index in [0.717, 1.165) is 12.1 Å². The fourth-order valence-electron chi connectivity index (χ4n) is 0.976. The van der Waals surface area contributed by atoms with Crippen LogP contribution in [0.5, 0.6) is 11.5 Å². The highest BCUT2D eigenvalue weighted by atomic mass is 19.4. The number of para-hydroxylation sites is 1. The first-order valence-electron chi connectivity index (χ1n) is 3.90. The molecule has 0 unspecified atom stereocenters. The molecule has 0 aliphatic rings. The number of hydrogen-bond acceptors (Lipinski definition) is 5. The molecule has 16 heavy (non-hydrogen) atoms. The zero-order valence-electron chi connectivity index (χ0n) is 7.60. The minimum atomic E-state index is -4.76. The first-order chi connectivity index (χ1) is 7.36. The van der Waals surface area contributed by atoms with Crippen LogP contribution in [0.4, 0.5) is 13.2 Å². The monoisotopic (exact) mass is 238 g/mol. The lowest BCUT2D eigenvalue weighted by atomic mass is 10.1. The lowest BCUT2D eigenvalue weighted by Gasteiger charge is -2.13. The van der Waals surface area contributed by atoms with E-state index in [2.05, 4.69) is 9.46 Å². The van der Waals surface area contributed by atoms with Gasteiger partial charge in [-0.05, 0) is 12.1 Å². The van der Waals surface area contributed by atoms with Crippen LogP contribution in [0.15, 0.2) is 18.2 Å². The Morgan fingerprint density at radius 2 is 1.88 bits per heavy atom. The van der Waals surface area contributed by atoms with Gasteiger partial charge in [-0.25, -0.2) is 4.81 Å². The maximum absolute atomic E-state index is 12.3. The highest BCUT2D eigenvalue weighted by Gasteiger charge is 2.35. The lowest BCUT2D eigenvalue weighted by Crippen LogP contribution is -2.24. The van der Waals surface area contributed by atoms with Gasteiger partial charge in [0.05, 0.1) is 0 Å². The van der Waals surface area contributed by atoms with Crippen LogP contribution in [0.2, 0.25) is 0 Å². The summed E-state index contributed by atoms with van der Waals surface area (Å²) in [4.78, 5) is 3.28. The molecule has 0 heterocycles. The number of benzene rings is 1. The summed E-state index contributed by atoms with van der Waals surface area (Å²) in [5.74, 6) is -1.87. The molecule has 0 spiro atoms. The van der Waals surface area contributed by atoms with Crippen molar-refractivity contribution in [2.24, 2.45) is 0 Å². The quantitative estimate of drug-likeness (QED) is 0.419. The molecule has 0 radical (unpaired) electrons. The molecule has 0 atom stereocenters. The highest BCUT2D eigenvalue weighted by Crippen LogP contribution is 2.40. The topological polar surface area (TPSA) is 79.2 Å². The molecular weight excluding hydrogens is 232 g/mol. The van der Waals surface area contributed by atoms with Crippen molar-refractivity contribution in [1.29, 1.82) is 0 Å². The van der Waals surface area contributed by atoms with Crippen LogP contribution in [0, 0.1) is 0 Å². The predicted molar refractivity (Wildman–Crippen MR) is 45.4 cm³/mol. The average Bonchev–Trinajstić information content (AvgIpc) is 2.19. The molecule has 0 bridgehead atoms. The number of phenolic OH excluding ortho intramolecular Hbond substituents is 1. The zero-order valence-corrected chi connectivity index (χ0v) is 7.60. The Balaban J connectivity index is 3.05. The zero-order chi connectivity index (χ0) is 12.3. The van der Waals surface area contributed by atoms with E-state index in [0.29, 0.717) is 6.07 Å². The summed E-state index contributed by atoms with van der Waals surface area (Å²) in [6.07, 6.45) is -4.76. The molecule has 0 aliphatic heterocycles. The number of halogens is 3. The second-order valence-corrected chi connectivity index (χ2v) is 2.68. The summed E-state index contributed by atoms with van der Waals surface area (Å²) in [7, 11) is -2.19. The van der Waals surface area contributed by atoms with Gasteiger partial charge < -0.3 is 14.8 Å². The molecular formula is C7H6BF3O5. The smallest absolute Gasteiger partial charge is 0.507 e. The largest absolute Gasteiger partial charge is 0.739 e. The van der Waals surface area contributed by atoms with E-state index in [9.17, 15) is 18.3 Å². The predicted octanol–water partition coefficient (Wildman–Crippen LogP) is 1.26. The van der Waals surface area contributed by atoms with E-state index in [1.54, 1.807) is 0 Å². The standard InChI is InChI=1S/C7H6BF3O5/c9-7(10,11)4-2-1-3-5(6(4)12)15-8(13)16-14/h1-3,12-14H. The van der Waals surface area contributed by atoms with Crippen molar-refractivity contribution < 1.29 is 38.0 Å². The molecule has 1 rings (SSSR count). The summed E-state index contributed by atoms with van der Waals surface area (Å²) >= 11 is 0. The number of hydrogen-bond donors (Lipinski definition) is 3. The van der Waals surface area contributed by atoms with Gasteiger partial charge in [0.1, 0.15) is 11.3 Å². The van der Waals surface area contributed by atoms with Crippen LogP contribution in [-0.2, 0) is 11.0 Å². The fraction of sp³-hybridized carbons (Fsp3) is 0.143. The molecule has 0 fully saturated rings. The first kappa shape index (κ1) is 12.6. The Morgan fingerprint density at radius 1 is 1.25 bits per heavy atom. The maximum atomic E-state index is 12.3. The molecule has 88 valence electrons. The summed E-state index contributed by atoms with van der Waals surface area (Å²) in [5, 5.41) is 25.8.